The standard InChI is InChI=1S/C22H22N4O2/c1-25(2)10-11-26-21(27)9-6-17-14-23-19-7-4-15(12-18(19)22(17)26)16-5-8-20(28-3)24-13-16/h4-9,12-14H,10-11H2,1-3H3. The van der Waals surface area contributed by atoms with Crippen LogP contribution in [0.4, 0.5) is 0 Å². The van der Waals surface area contributed by atoms with E-state index < -0.39 is 0 Å². The first-order chi connectivity index (χ1) is 13.6. The molecule has 0 aliphatic carbocycles. The number of rotatable bonds is 5. The van der Waals surface area contributed by atoms with Gasteiger partial charge in [0, 0.05) is 54.0 Å². The lowest BCUT2D eigenvalue weighted by molar-refractivity contribution is 0.384. The van der Waals surface area contributed by atoms with Crippen LogP contribution in [0.3, 0.4) is 0 Å². The predicted molar refractivity (Wildman–Crippen MR) is 112 cm³/mol. The van der Waals surface area contributed by atoms with Crippen LogP contribution in [0.25, 0.3) is 32.9 Å². The number of hydrogen-bond donors (Lipinski definition) is 0. The van der Waals surface area contributed by atoms with Crippen molar-refractivity contribution in [1.29, 1.82) is 0 Å². The second kappa shape index (κ2) is 7.40. The molecule has 0 spiro atoms. The molecule has 0 aliphatic heterocycles. The van der Waals surface area contributed by atoms with E-state index in [1.54, 1.807) is 19.4 Å². The smallest absolute Gasteiger partial charge is 0.251 e. The minimum Gasteiger partial charge on any atom is -0.481 e. The molecule has 4 aromatic rings. The predicted octanol–water partition coefficient (Wildman–Crippen LogP) is 3.18. The molecule has 0 radical (unpaired) electrons. The van der Waals surface area contributed by atoms with Crippen LogP contribution in [0.5, 0.6) is 5.88 Å². The average Bonchev–Trinajstić information content (AvgIpc) is 2.72. The molecule has 3 heterocycles. The van der Waals surface area contributed by atoms with Crippen LogP contribution in [-0.2, 0) is 6.54 Å². The van der Waals surface area contributed by atoms with Gasteiger partial charge >= 0.3 is 0 Å². The summed E-state index contributed by atoms with van der Waals surface area (Å²) in [4.78, 5) is 23.6. The van der Waals surface area contributed by atoms with Gasteiger partial charge in [-0.1, -0.05) is 6.07 Å². The number of benzene rings is 1. The van der Waals surface area contributed by atoms with Crippen molar-refractivity contribution in [2.45, 2.75) is 6.54 Å². The van der Waals surface area contributed by atoms with Gasteiger partial charge in [0.15, 0.2) is 0 Å². The first kappa shape index (κ1) is 18.1. The van der Waals surface area contributed by atoms with Crippen molar-refractivity contribution in [3.63, 3.8) is 0 Å². The second-order valence-electron chi connectivity index (χ2n) is 7.01. The van der Waals surface area contributed by atoms with Crippen molar-refractivity contribution in [1.82, 2.24) is 19.4 Å². The van der Waals surface area contributed by atoms with E-state index in [0.717, 1.165) is 39.5 Å². The van der Waals surface area contributed by atoms with Crippen LogP contribution in [0.2, 0.25) is 0 Å². The topological polar surface area (TPSA) is 60.2 Å². The largest absolute Gasteiger partial charge is 0.481 e. The number of nitrogens with zero attached hydrogens (tertiary/aromatic N) is 4. The van der Waals surface area contributed by atoms with E-state index in [1.165, 1.54) is 0 Å². The minimum atomic E-state index is -0.00151. The molecule has 0 aliphatic rings. The zero-order chi connectivity index (χ0) is 19.7. The Morgan fingerprint density at radius 3 is 2.54 bits per heavy atom. The lowest BCUT2D eigenvalue weighted by Crippen LogP contribution is -2.26. The Kier molecular flexibility index (Phi) is 4.79. The third-order valence-corrected chi connectivity index (χ3v) is 4.86. The number of aromatic nitrogens is 3. The molecule has 28 heavy (non-hydrogen) atoms. The van der Waals surface area contributed by atoms with Crippen molar-refractivity contribution >= 4 is 21.8 Å². The molecule has 1 aromatic carbocycles. The van der Waals surface area contributed by atoms with E-state index >= 15 is 0 Å². The molecule has 0 bridgehead atoms. The third-order valence-electron chi connectivity index (χ3n) is 4.86. The molecule has 4 rings (SSSR count). The highest BCUT2D eigenvalue weighted by molar-refractivity contribution is 6.04. The van der Waals surface area contributed by atoms with Gasteiger partial charge < -0.3 is 14.2 Å². The summed E-state index contributed by atoms with van der Waals surface area (Å²) in [6, 6.07) is 13.4. The second-order valence-corrected chi connectivity index (χ2v) is 7.01. The summed E-state index contributed by atoms with van der Waals surface area (Å²) in [5, 5.41) is 1.91. The monoisotopic (exact) mass is 374 g/mol. The van der Waals surface area contributed by atoms with E-state index in [1.807, 2.05) is 55.2 Å². The summed E-state index contributed by atoms with van der Waals surface area (Å²) in [6.07, 6.45) is 3.62. The van der Waals surface area contributed by atoms with Crippen molar-refractivity contribution in [3.8, 4) is 17.0 Å². The Morgan fingerprint density at radius 2 is 1.82 bits per heavy atom. The third kappa shape index (κ3) is 3.34. The molecule has 0 fully saturated rings. The van der Waals surface area contributed by atoms with Gasteiger partial charge in [-0.05, 0) is 43.9 Å². The van der Waals surface area contributed by atoms with Crippen LogP contribution in [0.15, 0.2) is 59.7 Å². The Hall–Kier alpha value is -3.25. The van der Waals surface area contributed by atoms with Gasteiger partial charge in [-0.25, -0.2) is 4.98 Å². The fourth-order valence-electron chi connectivity index (χ4n) is 3.35. The fraction of sp³-hybridized carbons (Fsp3) is 0.227. The number of methoxy groups -OCH3 is 1. The van der Waals surface area contributed by atoms with Gasteiger partial charge in [0.1, 0.15) is 0 Å². The van der Waals surface area contributed by atoms with Crippen LogP contribution in [-0.4, -0.2) is 47.2 Å². The van der Waals surface area contributed by atoms with E-state index in [-0.39, 0.29) is 5.56 Å². The highest BCUT2D eigenvalue weighted by Crippen LogP contribution is 2.28. The van der Waals surface area contributed by atoms with E-state index in [0.29, 0.717) is 12.4 Å². The lowest BCUT2D eigenvalue weighted by Gasteiger charge is -2.15. The molecule has 0 saturated heterocycles. The molecule has 0 amide bonds. The Labute approximate surface area is 163 Å². The van der Waals surface area contributed by atoms with Crippen LogP contribution < -0.4 is 10.3 Å². The molecular weight excluding hydrogens is 352 g/mol. The van der Waals surface area contributed by atoms with Gasteiger partial charge in [0.05, 0.1) is 18.1 Å². The van der Waals surface area contributed by atoms with E-state index in [2.05, 4.69) is 20.9 Å². The van der Waals surface area contributed by atoms with Gasteiger partial charge in [-0.2, -0.15) is 0 Å². The molecule has 0 unspecified atom stereocenters. The summed E-state index contributed by atoms with van der Waals surface area (Å²) >= 11 is 0. The van der Waals surface area contributed by atoms with Gasteiger partial charge in [-0.3, -0.25) is 9.78 Å². The van der Waals surface area contributed by atoms with Gasteiger partial charge in [0.25, 0.3) is 5.56 Å². The number of fused-ring (bicyclic) bond motifs is 3. The highest BCUT2D eigenvalue weighted by Gasteiger charge is 2.10. The van der Waals surface area contributed by atoms with Crippen molar-refractivity contribution in [3.05, 3.63) is 65.2 Å². The summed E-state index contributed by atoms with van der Waals surface area (Å²) in [7, 11) is 5.61. The quantitative estimate of drug-likeness (QED) is 0.502. The molecule has 0 saturated carbocycles. The van der Waals surface area contributed by atoms with Gasteiger partial charge in [0.2, 0.25) is 5.88 Å². The number of pyridine rings is 3. The summed E-state index contributed by atoms with van der Waals surface area (Å²) < 4.78 is 6.99. The first-order valence-corrected chi connectivity index (χ1v) is 9.14. The Balaban J connectivity index is 1.94. The number of hydrogen-bond acceptors (Lipinski definition) is 5. The Bertz CT molecular complexity index is 1200. The summed E-state index contributed by atoms with van der Waals surface area (Å²) in [5.74, 6) is 0.578. The zero-order valence-electron chi connectivity index (χ0n) is 16.2. The SMILES string of the molecule is COc1ccc(-c2ccc3ncc4ccc(=O)n(CCN(C)C)c4c3c2)cn1. The molecule has 3 aromatic heterocycles. The average molecular weight is 374 g/mol. The maximum Gasteiger partial charge on any atom is 0.251 e. The normalized spacial score (nSPS) is 11.4. The number of likely N-dealkylation sites (N-methyl/N-ethyl adjacent to an activating group) is 1. The lowest BCUT2D eigenvalue weighted by atomic mass is 10.0. The van der Waals surface area contributed by atoms with Crippen molar-refractivity contribution < 1.29 is 4.74 Å². The summed E-state index contributed by atoms with van der Waals surface area (Å²) in [6.45, 7) is 1.40. The molecule has 6 heteroatoms. The van der Waals surface area contributed by atoms with Gasteiger partial charge in [-0.15, -0.1) is 0 Å². The maximum atomic E-state index is 12.6. The molecule has 0 atom stereocenters. The highest BCUT2D eigenvalue weighted by atomic mass is 16.5. The van der Waals surface area contributed by atoms with Crippen molar-refractivity contribution in [2.24, 2.45) is 0 Å². The van der Waals surface area contributed by atoms with Crippen LogP contribution in [0, 0.1) is 0 Å². The first-order valence-electron chi connectivity index (χ1n) is 9.14. The Morgan fingerprint density at radius 1 is 1.00 bits per heavy atom. The van der Waals surface area contributed by atoms with Crippen LogP contribution >= 0.6 is 0 Å². The number of ether oxygens (including phenoxy) is 1. The minimum absolute atomic E-state index is 0.00151. The van der Waals surface area contributed by atoms with E-state index in [9.17, 15) is 4.79 Å². The molecule has 6 nitrogen and oxygen atoms in total. The fourth-order valence-corrected chi connectivity index (χ4v) is 3.35. The molecule has 142 valence electrons. The molecule has 0 N–H and O–H groups in total. The maximum absolute atomic E-state index is 12.6. The van der Waals surface area contributed by atoms with Crippen LogP contribution in [0.1, 0.15) is 0 Å². The molecular formula is C22H22N4O2. The van der Waals surface area contributed by atoms with E-state index in [4.69, 9.17) is 4.74 Å². The van der Waals surface area contributed by atoms with Crippen molar-refractivity contribution in [2.75, 3.05) is 27.7 Å². The summed E-state index contributed by atoms with van der Waals surface area (Å²) in [5.41, 5.74) is 3.79. The zero-order valence-corrected chi connectivity index (χ0v) is 16.2.